The molecule has 0 aromatic rings. The van der Waals surface area contributed by atoms with E-state index in [1.165, 1.54) is 0 Å². The number of methoxy groups -OCH3 is 1. The molecule has 1 N–H and O–H groups in total. The predicted octanol–water partition coefficient (Wildman–Crippen LogP) is -0.0927. The Kier molecular flexibility index (Phi) is 53.5. The first-order chi connectivity index (χ1) is 27.9. The van der Waals surface area contributed by atoms with E-state index in [-0.39, 0.29) is 6.61 Å². The van der Waals surface area contributed by atoms with Crippen molar-refractivity contribution in [3.63, 3.8) is 0 Å². The maximum absolute atomic E-state index is 8.59. The van der Waals surface area contributed by atoms with Crippen molar-refractivity contribution in [3.05, 3.63) is 0 Å². The summed E-state index contributed by atoms with van der Waals surface area (Å²) in [5.41, 5.74) is 0. The molecule has 0 radical (unpaired) electrons. The average Bonchev–Trinajstić information content (AvgIpc) is 3.21. The van der Waals surface area contributed by atoms with Gasteiger partial charge in [0.2, 0.25) is 0 Å². The fourth-order valence-corrected chi connectivity index (χ4v) is 3.83. The van der Waals surface area contributed by atoms with E-state index in [0.717, 1.165) is 0 Å². The third-order valence-corrected chi connectivity index (χ3v) is 6.62. The molecule has 0 aliphatic heterocycles. The molecule has 0 bridgehead atoms. The van der Waals surface area contributed by atoms with Gasteiger partial charge in [-0.25, -0.2) is 0 Å². The first-order valence-corrected chi connectivity index (χ1v) is 19.8. The van der Waals surface area contributed by atoms with Crippen LogP contribution in [-0.4, -0.2) is 250 Å². The summed E-state index contributed by atoms with van der Waals surface area (Å²) in [5, 5.41) is 8.59. The minimum Gasteiger partial charge on any atom is -0.394 e. The van der Waals surface area contributed by atoms with Crippen molar-refractivity contribution in [2.75, 3.05) is 245 Å². The van der Waals surface area contributed by atoms with Gasteiger partial charge in [0.1, 0.15) is 0 Å². The van der Waals surface area contributed by atoms with Crippen LogP contribution in [-0.2, 0) is 85.3 Å². The smallest absolute Gasteiger partial charge is 0.0701 e. The van der Waals surface area contributed by atoms with Crippen LogP contribution in [0.5, 0.6) is 0 Å². The molecule has 0 amide bonds. The average molecular weight is 825 g/mol. The molecule has 0 aliphatic rings. The van der Waals surface area contributed by atoms with Gasteiger partial charge in [-0.3, -0.25) is 0 Å². The first-order valence-electron chi connectivity index (χ1n) is 19.8. The lowest BCUT2D eigenvalue weighted by molar-refractivity contribution is -0.0309. The molecule has 0 aromatic heterocycles. The van der Waals surface area contributed by atoms with Gasteiger partial charge in [-0.15, -0.1) is 0 Å². The van der Waals surface area contributed by atoms with Crippen LogP contribution in [0.3, 0.4) is 0 Å². The summed E-state index contributed by atoms with van der Waals surface area (Å²) in [5.74, 6) is 0. The second kappa shape index (κ2) is 54.2. The maximum atomic E-state index is 8.59. The van der Waals surface area contributed by atoms with Gasteiger partial charge < -0.3 is 90.4 Å². The van der Waals surface area contributed by atoms with Gasteiger partial charge in [-0.05, 0) is 0 Å². The molecule has 0 saturated carbocycles. The van der Waals surface area contributed by atoms with Gasteiger partial charge in [-0.1, -0.05) is 0 Å². The first kappa shape index (κ1) is 55.2. The summed E-state index contributed by atoms with van der Waals surface area (Å²) < 4.78 is 97.2. The molecule has 0 saturated heterocycles. The molecule has 338 valence electrons. The summed E-state index contributed by atoms with van der Waals surface area (Å²) in [6.45, 7) is 17.6. The molecule has 0 spiro atoms. The number of ether oxygens (including phenoxy) is 18. The third kappa shape index (κ3) is 53.2. The van der Waals surface area contributed by atoms with Crippen LogP contribution in [0.15, 0.2) is 0 Å². The van der Waals surface area contributed by atoms with Crippen LogP contribution in [0.25, 0.3) is 0 Å². The van der Waals surface area contributed by atoms with E-state index < -0.39 is 0 Å². The Morgan fingerprint density at radius 2 is 0.286 bits per heavy atom. The Balaban J connectivity index is 3.05. The van der Waals surface area contributed by atoms with Crippen molar-refractivity contribution >= 4 is 0 Å². The lowest BCUT2D eigenvalue weighted by atomic mass is 10.6. The van der Waals surface area contributed by atoms with Gasteiger partial charge in [0.15, 0.2) is 0 Å². The SMILES string of the molecule is COCCOCCOCCOCCOCCOCCOCCOCCOCCOCCOCCOCCOCCOCCOCCOCCOCCOCCO. The molecule has 19 heteroatoms. The van der Waals surface area contributed by atoms with E-state index in [2.05, 4.69) is 0 Å². The van der Waals surface area contributed by atoms with Crippen molar-refractivity contribution in [1.82, 2.24) is 0 Å². The summed E-state index contributed by atoms with van der Waals surface area (Å²) in [6, 6.07) is 0. The third-order valence-electron chi connectivity index (χ3n) is 6.62. The van der Waals surface area contributed by atoms with Gasteiger partial charge in [-0.2, -0.15) is 0 Å². The molecule has 19 nitrogen and oxygen atoms in total. The van der Waals surface area contributed by atoms with Crippen molar-refractivity contribution in [3.8, 4) is 0 Å². The van der Waals surface area contributed by atoms with Gasteiger partial charge in [0, 0.05) is 7.11 Å². The van der Waals surface area contributed by atoms with Crippen molar-refractivity contribution in [2.24, 2.45) is 0 Å². The highest BCUT2D eigenvalue weighted by molar-refractivity contribution is 4.41. The number of aliphatic hydroxyl groups excluding tert-OH is 1. The molecular formula is C37H76O19. The van der Waals surface area contributed by atoms with E-state index in [0.29, 0.717) is 231 Å². The molecular weight excluding hydrogens is 748 g/mol. The van der Waals surface area contributed by atoms with Crippen molar-refractivity contribution in [1.29, 1.82) is 0 Å². The lowest BCUT2D eigenvalue weighted by Crippen LogP contribution is -2.16. The highest BCUT2D eigenvalue weighted by atomic mass is 16.6. The Hall–Kier alpha value is -0.760. The topological polar surface area (TPSA) is 186 Å². The number of hydrogen-bond acceptors (Lipinski definition) is 19. The molecule has 0 rings (SSSR count). The fourth-order valence-electron chi connectivity index (χ4n) is 3.83. The Morgan fingerprint density at radius 1 is 0.179 bits per heavy atom. The second-order valence-corrected chi connectivity index (χ2v) is 11.1. The summed E-state index contributed by atoms with van der Waals surface area (Å²) in [6.07, 6.45) is 0. The molecule has 0 aromatic carbocycles. The van der Waals surface area contributed by atoms with E-state index in [1.54, 1.807) is 7.11 Å². The van der Waals surface area contributed by atoms with Crippen molar-refractivity contribution in [2.45, 2.75) is 0 Å². The van der Waals surface area contributed by atoms with Gasteiger partial charge in [0.25, 0.3) is 0 Å². The predicted molar refractivity (Wildman–Crippen MR) is 203 cm³/mol. The standard InChI is InChI=1S/C37H76O19/c1-39-4-5-41-8-9-43-12-13-45-16-17-47-20-21-49-24-25-51-28-29-53-32-33-55-36-37-56-35-34-54-31-30-52-27-26-50-23-22-48-19-18-46-15-14-44-11-10-42-7-6-40-3-2-38/h38H,2-37H2,1H3. The Labute approximate surface area is 335 Å². The maximum Gasteiger partial charge on any atom is 0.0701 e. The normalized spacial score (nSPS) is 11.7. The minimum atomic E-state index is 0.0213. The molecule has 0 heterocycles. The van der Waals surface area contributed by atoms with Gasteiger partial charge in [0.05, 0.1) is 238 Å². The fraction of sp³-hybridized carbons (Fsp3) is 1.00. The number of rotatable bonds is 53. The summed E-state index contributed by atoms with van der Waals surface area (Å²) in [4.78, 5) is 0. The Bertz CT molecular complexity index is 619. The number of hydrogen-bond donors (Lipinski definition) is 1. The second-order valence-electron chi connectivity index (χ2n) is 11.1. The zero-order chi connectivity index (χ0) is 40.2. The van der Waals surface area contributed by atoms with Crippen LogP contribution < -0.4 is 0 Å². The summed E-state index contributed by atoms with van der Waals surface area (Å²) in [7, 11) is 1.64. The monoisotopic (exact) mass is 824 g/mol. The quantitative estimate of drug-likeness (QED) is 0.0802. The molecule has 0 fully saturated rings. The van der Waals surface area contributed by atoms with E-state index in [4.69, 9.17) is 90.4 Å². The van der Waals surface area contributed by atoms with E-state index >= 15 is 0 Å². The molecule has 56 heavy (non-hydrogen) atoms. The van der Waals surface area contributed by atoms with Crippen LogP contribution in [0, 0.1) is 0 Å². The largest absolute Gasteiger partial charge is 0.394 e. The van der Waals surface area contributed by atoms with E-state index in [9.17, 15) is 0 Å². The molecule has 0 aliphatic carbocycles. The zero-order valence-electron chi connectivity index (χ0n) is 34.3. The van der Waals surface area contributed by atoms with Crippen molar-refractivity contribution < 1.29 is 90.4 Å². The van der Waals surface area contributed by atoms with Crippen LogP contribution in [0.2, 0.25) is 0 Å². The Morgan fingerprint density at radius 3 is 0.393 bits per heavy atom. The molecule has 0 atom stereocenters. The minimum absolute atomic E-state index is 0.0213. The summed E-state index contributed by atoms with van der Waals surface area (Å²) >= 11 is 0. The van der Waals surface area contributed by atoms with E-state index in [1.807, 2.05) is 0 Å². The van der Waals surface area contributed by atoms with Crippen LogP contribution in [0.1, 0.15) is 0 Å². The van der Waals surface area contributed by atoms with Crippen LogP contribution in [0.4, 0.5) is 0 Å². The molecule has 0 unspecified atom stereocenters. The highest BCUT2D eigenvalue weighted by Crippen LogP contribution is 1.89. The zero-order valence-corrected chi connectivity index (χ0v) is 34.3. The number of aliphatic hydroxyl groups is 1. The highest BCUT2D eigenvalue weighted by Gasteiger charge is 1.98. The van der Waals surface area contributed by atoms with Gasteiger partial charge >= 0.3 is 0 Å². The van der Waals surface area contributed by atoms with Crippen LogP contribution >= 0.6 is 0 Å². The lowest BCUT2D eigenvalue weighted by Gasteiger charge is -2.09.